The molecule has 1 aromatic carbocycles. The van der Waals surface area contributed by atoms with Gasteiger partial charge in [0.1, 0.15) is 0 Å². The van der Waals surface area contributed by atoms with Crippen molar-refractivity contribution in [2.75, 3.05) is 17.6 Å². The minimum absolute atomic E-state index is 0.833. The van der Waals surface area contributed by atoms with Crippen molar-refractivity contribution in [2.45, 2.75) is 52.9 Å². The number of unbranched alkanes of at least 4 members (excludes halogenated alkanes) is 3. The van der Waals surface area contributed by atoms with E-state index in [1.807, 2.05) is 12.1 Å². The third-order valence-electron chi connectivity index (χ3n) is 3.29. The third kappa shape index (κ3) is 5.95. The zero-order valence-electron chi connectivity index (χ0n) is 12.1. The summed E-state index contributed by atoms with van der Waals surface area (Å²) in [5.41, 5.74) is 9.06. The Balaban J connectivity index is 2.12. The van der Waals surface area contributed by atoms with E-state index in [1.54, 1.807) is 0 Å². The van der Waals surface area contributed by atoms with Gasteiger partial charge in [-0.3, -0.25) is 0 Å². The third-order valence-corrected chi connectivity index (χ3v) is 3.29. The number of benzene rings is 1. The molecule has 0 unspecified atom stereocenters. The molecule has 2 heteroatoms. The van der Waals surface area contributed by atoms with Gasteiger partial charge >= 0.3 is 0 Å². The first-order valence-corrected chi connectivity index (χ1v) is 7.19. The predicted octanol–water partition coefficient (Wildman–Crippen LogP) is 4.60. The lowest BCUT2D eigenvalue weighted by atomic mass is 10.0. The lowest BCUT2D eigenvalue weighted by Crippen LogP contribution is -2.03. The molecule has 0 aliphatic carbocycles. The maximum atomic E-state index is 5.79. The molecule has 0 fully saturated rings. The van der Waals surface area contributed by atoms with Gasteiger partial charge in [-0.1, -0.05) is 45.6 Å². The average molecular weight is 248 g/mol. The normalized spacial score (nSPS) is 10.9. The Hall–Kier alpha value is -1.18. The molecule has 18 heavy (non-hydrogen) atoms. The highest BCUT2D eigenvalue weighted by atomic mass is 14.9. The molecule has 0 spiro atoms. The van der Waals surface area contributed by atoms with Crippen LogP contribution in [0.25, 0.3) is 0 Å². The summed E-state index contributed by atoms with van der Waals surface area (Å²) in [6.45, 7) is 7.75. The van der Waals surface area contributed by atoms with Gasteiger partial charge in [-0.15, -0.1) is 0 Å². The number of anilines is 2. The van der Waals surface area contributed by atoms with Crippen LogP contribution in [0.4, 0.5) is 11.4 Å². The van der Waals surface area contributed by atoms with E-state index in [1.165, 1.54) is 43.4 Å². The second-order valence-corrected chi connectivity index (χ2v) is 5.60. The monoisotopic (exact) mass is 248 g/mol. The van der Waals surface area contributed by atoms with Gasteiger partial charge in [0.25, 0.3) is 0 Å². The molecule has 0 saturated heterocycles. The molecule has 3 N–H and O–H groups in total. The fourth-order valence-electron chi connectivity index (χ4n) is 2.08. The summed E-state index contributed by atoms with van der Waals surface area (Å²) in [5.74, 6) is 0.845. The molecule has 0 aliphatic heterocycles. The number of hydrogen-bond donors (Lipinski definition) is 2. The Morgan fingerprint density at radius 3 is 2.56 bits per heavy atom. The Labute approximate surface area is 112 Å². The van der Waals surface area contributed by atoms with Gasteiger partial charge < -0.3 is 11.1 Å². The van der Waals surface area contributed by atoms with E-state index in [2.05, 4.69) is 32.2 Å². The summed E-state index contributed by atoms with van der Waals surface area (Å²) in [6.07, 6.45) is 6.65. The van der Waals surface area contributed by atoms with Gasteiger partial charge in [0.15, 0.2) is 0 Å². The van der Waals surface area contributed by atoms with Crippen molar-refractivity contribution >= 4 is 11.4 Å². The van der Waals surface area contributed by atoms with Gasteiger partial charge in [-0.25, -0.2) is 0 Å². The molecular formula is C16H28N2. The molecule has 0 atom stereocenters. The van der Waals surface area contributed by atoms with Crippen molar-refractivity contribution < 1.29 is 0 Å². The van der Waals surface area contributed by atoms with Crippen molar-refractivity contribution in [3.63, 3.8) is 0 Å². The second-order valence-electron chi connectivity index (χ2n) is 5.60. The van der Waals surface area contributed by atoms with E-state index in [0.717, 1.165) is 18.2 Å². The standard InChI is InChI=1S/C16H28N2/c1-13(2)8-6-4-5-7-11-18-16-12-15(17)10-9-14(16)3/h9-10,12-13,18H,4-8,11,17H2,1-3H3. The molecule has 102 valence electrons. The topological polar surface area (TPSA) is 38.0 Å². The lowest BCUT2D eigenvalue weighted by Gasteiger charge is -2.10. The molecule has 0 bridgehead atoms. The number of nitrogens with one attached hydrogen (secondary N) is 1. The van der Waals surface area contributed by atoms with Gasteiger partial charge in [0.2, 0.25) is 0 Å². The first-order chi connectivity index (χ1) is 8.59. The molecule has 2 nitrogen and oxygen atoms in total. The quantitative estimate of drug-likeness (QED) is 0.521. The molecule has 0 saturated carbocycles. The predicted molar refractivity (Wildman–Crippen MR) is 82.0 cm³/mol. The molecule has 1 aromatic rings. The molecular weight excluding hydrogens is 220 g/mol. The Bertz CT molecular complexity index is 345. The van der Waals surface area contributed by atoms with Crippen molar-refractivity contribution in [3.05, 3.63) is 23.8 Å². The average Bonchev–Trinajstić information content (AvgIpc) is 2.32. The maximum Gasteiger partial charge on any atom is 0.0390 e. The summed E-state index contributed by atoms with van der Waals surface area (Å²) in [4.78, 5) is 0. The fraction of sp³-hybridized carbons (Fsp3) is 0.625. The first-order valence-electron chi connectivity index (χ1n) is 7.19. The second kappa shape index (κ2) is 8.02. The minimum Gasteiger partial charge on any atom is -0.399 e. The number of aryl methyl sites for hydroxylation is 1. The number of nitrogen functional groups attached to an aromatic ring is 1. The van der Waals surface area contributed by atoms with Gasteiger partial charge in [-0.05, 0) is 37.0 Å². The van der Waals surface area contributed by atoms with Crippen molar-refractivity contribution in [1.29, 1.82) is 0 Å². The van der Waals surface area contributed by atoms with Crippen LogP contribution < -0.4 is 11.1 Å². The minimum atomic E-state index is 0.833. The van der Waals surface area contributed by atoms with E-state index in [4.69, 9.17) is 5.73 Å². The molecule has 0 heterocycles. The Kier molecular flexibility index (Phi) is 6.63. The fourth-order valence-corrected chi connectivity index (χ4v) is 2.08. The number of nitrogens with two attached hydrogens (primary N) is 1. The molecule has 1 rings (SSSR count). The van der Waals surface area contributed by atoms with Crippen LogP contribution >= 0.6 is 0 Å². The van der Waals surface area contributed by atoms with Crippen molar-refractivity contribution in [2.24, 2.45) is 5.92 Å². The molecule has 0 radical (unpaired) electrons. The summed E-state index contributed by atoms with van der Waals surface area (Å²) >= 11 is 0. The maximum absolute atomic E-state index is 5.79. The highest BCUT2D eigenvalue weighted by molar-refractivity contribution is 5.59. The van der Waals surface area contributed by atoms with Crippen molar-refractivity contribution in [1.82, 2.24) is 0 Å². The van der Waals surface area contributed by atoms with Crippen LogP contribution in [-0.2, 0) is 0 Å². The zero-order valence-corrected chi connectivity index (χ0v) is 12.1. The van der Waals surface area contributed by atoms with Crippen LogP contribution in [-0.4, -0.2) is 6.54 Å². The highest BCUT2D eigenvalue weighted by Crippen LogP contribution is 2.18. The smallest absolute Gasteiger partial charge is 0.0390 e. The van der Waals surface area contributed by atoms with Crippen LogP contribution in [0, 0.1) is 12.8 Å². The van der Waals surface area contributed by atoms with Crippen LogP contribution in [0.2, 0.25) is 0 Å². The molecule has 0 amide bonds. The summed E-state index contributed by atoms with van der Waals surface area (Å²) in [5, 5.41) is 3.47. The molecule has 0 aromatic heterocycles. The van der Waals surface area contributed by atoms with E-state index in [9.17, 15) is 0 Å². The first kappa shape index (κ1) is 14.9. The summed E-state index contributed by atoms with van der Waals surface area (Å²) in [6, 6.07) is 6.04. The Morgan fingerprint density at radius 1 is 1.11 bits per heavy atom. The van der Waals surface area contributed by atoms with Crippen molar-refractivity contribution in [3.8, 4) is 0 Å². The van der Waals surface area contributed by atoms with Gasteiger partial charge in [-0.2, -0.15) is 0 Å². The van der Waals surface area contributed by atoms with Crippen LogP contribution in [0.3, 0.4) is 0 Å². The van der Waals surface area contributed by atoms with Gasteiger partial charge in [0.05, 0.1) is 0 Å². The van der Waals surface area contributed by atoms with E-state index >= 15 is 0 Å². The van der Waals surface area contributed by atoms with Crippen LogP contribution in [0.1, 0.15) is 51.5 Å². The number of rotatable bonds is 8. The molecule has 0 aliphatic rings. The van der Waals surface area contributed by atoms with Gasteiger partial charge in [0, 0.05) is 17.9 Å². The SMILES string of the molecule is Cc1ccc(N)cc1NCCCCCCC(C)C. The Morgan fingerprint density at radius 2 is 1.83 bits per heavy atom. The van der Waals surface area contributed by atoms with E-state index in [-0.39, 0.29) is 0 Å². The van der Waals surface area contributed by atoms with Crippen LogP contribution in [0.15, 0.2) is 18.2 Å². The van der Waals surface area contributed by atoms with E-state index in [0.29, 0.717) is 0 Å². The summed E-state index contributed by atoms with van der Waals surface area (Å²) < 4.78 is 0. The van der Waals surface area contributed by atoms with Crippen LogP contribution in [0.5, 0.6) is 0 Å². The lowest BCUT2D eigenvalue weighted by molar-refractivity contribution is 0.523. The largest absolute Gasteiger partial charge is 0.399 e. The summed E-state index contributed by atoms with van der Waals surface area (Å²) in [7, 11) is 0. The highest BCUT2D eigenvalue weighted by Gasteiger charge is 1.98. The number of hydrogen-bond acceptors (Lipinski definition) is 2. The zero-order chi connectivity index (χ0) is 13.4. The van der Waals surface area contributed by atoms with E-state index < -0.39 is 0 Å².